The van der Waals surface area contributed by atoms with Crippen molar-refractivity contribution in [2.45, 2.75) is 260 Å². The number of alkyl halides is 5. The lowest BCUT2D eigenvalue weighted by Crippen LogP contribution is -2.68. The number of nitrogens with zero attached hydrogens (tertiary/aromatic N) is 9. The van der Waals surface area contributed by atoms with Crippen molar-refractivity contribution in [2.75, 3.05) is 89.2 Å². The fourth-order valence-electron chi connectivity index (χ4n) is 16.9. The minimum atomic E-state index is -5.17. The molecule has 0 radical (unpaired) electrons. The number of halogens is 5. The van der Waals surface area contributed by atoms with E-state index in [1.807, 2.05) is 13.0 Å². The zero-order chi connectivity index (χ0) is 76.4. The summed E-state index contributed by atoms with van der Waals surface area (Å²) in [6.07, 6.45) is -0.371. The first kappa shape index (κ1) is 82.6. The summed E-state index contributed by atoms with van der Waals surface area (Å²) in [6.45, 7) is 3.97. The SMILES string of the molecule is CCO[C@@H]1C[C@H]2C(=O)NC3(CCC3)C(=O)N(C)[C@@H](C3CCCC3)C(=O)N(C)[C@H](C(=O)N(C)C)CC(=O)N(C)[C@@H](CC3CC3)C(=O)N[C@@H]([C@@H](C)CC)C(=O)N(C)CC(=O)N(C)[C@H]3C/C=C\CCN(C3=O)[C@@H](CC3CCCCC3)C(=O)N(C)CC(=O)N[C@@H](CCC3CC(F)C(C(F)(F)F)C(F)C3)C(=O)N2C1. The van der Waals surface area contributed by atoms with Crippen LogP contribution >= 0.6 is 0 Å². The lowest BCUT2D eigenvalue weighted by atomic mass is 9.74. The average Bonchev–Trinajstić information content (AvgIpc) is 1.02. The van der Waals surface area contributed by atoms with E-state index in [2.05, 4.69) is 16.0 Å². The number of likely N-dealkylation sites (N-methyl/N-ethyl adjacent to an activating group) is 7. The Morgan fingerprint density at radius 1 is 0.635 bits per heavy atom. The van der Waals surface area contributed by atoms with Crippen LogP contribution in [-0.2, 0) is 62.3 Å². The molecular weight excluding hydrogens is 1360 g/mol. The molecule has 30 heteroatoms. The molecule has 2 unspecified atom stereocenters. The Balaban J connectivity index is 1.19. The first-order chi connectivity index (χ1) is 49.1. The van der Waals surface area contributed by atoms with Crippen LogP contribution in [0.2, 0.25) is 0 Å². The number of ether oxygens (including phenoxy) is 1. The van der Waals surface area contributed by atoms with Gasteiger partial charge >= 0.3 is 6.18 Å². The molecule has 0 aromatic rings. The van der Waals surface area contributed by atoms with Gasteiger partial charge in [0.2, 0.25) is 70.9 Å². The predicted molar refractivity (Wildman–Crippen MR) is 374 cm³/mol. The van der Waals surface area contributed by atoms with Crippen LogP contribution in [0.25, 0.3) is 0 Å². The van der Waals surface area contributed by atoms with Gasteiger partial charge in [0.1, 0.15) is 72.1 Å². The molecule has 5 saturated carbocycles. The molecule has 5 aliphatic carbocycles. The fraction of sp³-hybridized carbons (Fsp3) is 0.811. The standard InChI is InChI=1S/C74H115F5N12O13/c1-12-44(3)62-70(101)85(7)43-60(94)86(8)53-27-18-15-21-34-90(69(53)100)57(38-45-23-16-14-17-24-45)68(99)84(6)42-58(92)80-52(31-30-47-35-50(75)61(51(76)36-47)74(77,78)79)66(97)91-41-49(104-13-2)39-55(91)65(96)82-73(32-22-33-73)72(103)89(11)63(48-25-19-20-26-48)71(102)88(10)56(67(98)83(4)5)40-59(93)87(9)54(64(95)81-62)37-46-28-29-46/h15,18,44-57,61-63H,12-14,16-17,19-43H2,1-11H3,(H,80,92)(H,81,95)(H,82,96)/b18-15-/t44-,47?,49+,50?,51?,52-,53-,54-,55-,56-,57-,61?,62-,63-/m0/s1. The smallest absolute Gasteiger partial charge is 0.377 e. The quantitative estimate of drug-likeness (QED) is 0.156. The summed E-state index contributed by atoms with van der Waals surface area (Å²) in [5.41, 5.74) is -1.64. The number of nitrogens with one attached hydrogen (secondary N) is 3. The molecule has 2 saturated heterocycles. The predicted octanol–water partition coefficient (Wildman–Crippen LogP) is 5.32. The molecule has 584 valence electrons. The van der Waals surface area contributed by atoms with Crippen molar-refractivity contribution in [2.24, 2.45) is 35.5 Å². The van der Waals surface area contributed by atoms with E-state index in [1.54, 1.807) is 19.9 Å². The van der Waals surface area contributed by atoms with E-state index in [1.165, 1.54) is 90.7 Å². The van der Waals surface area contributed by atoms with E-state index in [0.29, 0.717) is 44.9 Å². The Morgan fingerprint density at radius 3 is 1.84 bits per heavy atom. The minimum absolute atomic E-state index is 0.0218. The molecule has 104 heavy (non-hydrogen) atoms. The summed E-state index contributed by atoms with van der Waals surface area (Å²) in [6, 6.07) is -10.4. The first-order valence-electron chi connectivity index (χ1n) is 38.0. The lowest BCUT2D eigenvalue weighted by Gasteiger charge is -2.46. The van der Waals surface area contributed by atoms with Crippen LogP contribution in [0.3, 0.4) is 0 Å². The van der Waals surface area contributed by atoms with Crippen molar-refractivity contribution >= 4 is 70.9 Å². The summed E-state index contributed by atoms with van der Waals surface area (Å²) in [5.74, 6) is -13.2. The Bertz CT molecular complexity index is 3110. The maximum atomic E-state index is 15.5. The molecule has 3 aliphatic heterocycles. The zero-order valence-corrected chi connectivity index (χ0v) is 62.9. The molecule has 0 aromatic heterocycles. The molecule has 8 rings (SSSR count). The van der Waals surface area contributed by atoms with Crippen molar-refractivity contribution in [1.29, 1.82) is 0 Å². The first-order valence-corrected chi connectivity index (χ1v) is 38.0. The Labute approximate surface area is 609 Å². The third kappa shape index (κ3) is 19.8. The average molecular weight is 1480 g/mol. The van der Waals surface area contributed by atoms with Crippen LogP contribution in [0.1, 0.15) is 181 Å². The number of carbonyl (C=O) groups excluding carboxylic acids is 12. The molecule has 7 fully saturated rings. The van der Waals surface area contributed by atoms with Gasteiger partial charge in [0.25, 0.3) is 0 Å². The Kier molecular flexibility index (Phi) is 28.7. The Hall–Kier alpha value is -7.01. The summed E-state index contributed by atoms with van der Waals surface area (Å²) >= 11 is 0. The topological polar surface area (TPSA) is 279 Å². The van der Waals surface area contributed by atoms with Gasteiger partial charge in [0.15, 0.2) is 0 Å². The number of fused-ring (bicyclic) bond motifs is 3. The van der Waals surface area contributed by atoms with Crippen molar-refractivity contribution in [1.82, 2.24) is 60.0 Å². The van der Waals surface area contributed by atoms with Crippen molar-refractivity contribution in [3.63, 3.8) is 0 Å². The number of carbonyl (C=O) groups is 12. The van der Waals surface area contributed by atoms with Crippen LogP contribution in [-0.4, -0.2) is 283 Å². The van der Waals surface area contributed by atoms with Crippen LogP contribution in [0.5, 0.6) is 0 Å². The van der Waals surface area contributed by atoms with Gasteiger partial charge < -0.3 is 64.8 Å². The van der Waals surface area contributed by atoms with Crippen molar-refractivity contribution in [3.8, 4) is 0 Å². The molecule has 2 bridgehead atoms. The molecule has 25 nitrogen and oxygen atoms in total. The third-order valence-electron chi connectivity index (χ3n) is 23.9. The molecule has 12 amide bonds. The van der Waals surface area contributed by atoms with Crippen LogP contribution < -0.4 is 16.0 Å². The summed E-state index contributed by atoms with van der Waals surface area (Å²) in [7, 11) is 11.4. The van der Waals surface area contributed by atoms with Crippen molar-refractivity contribution < 1.29 is 84.2 Å². The number of hydrogen-bond donors (Lipinski definition) is 3. The second-order valence-corrected chi connectivity index (χ2v) is 31.4. The highest BCUT2D eigenvalue weighted by Crippen LogP contribution is 2.45. The molecular formula is C74H115F5N12O13. The van der Waals surface area contributed by atoms with Gasteiger partial charge in [-0.25, -0.2) is 8.78 Å². The Morgan fingerprint density at radius 2 is 1.25 bits per heavy atom. The van der Waals surface area contributed by atoms with Gasteiger partial charge in [-0.2, -0.15) is 13.2 Å². The van der Waals surface area contributed by atoms with Crippen LogP contribution in [0.4, 0.5) is 22.0 Å². The van der Waals surface area contributed by atoms with E-state index >= 15 is 37.5 Å². The molecule has 0 aromatic carbocycles. The summed E-state index contributed by atoms with van der Waals surface area (Å²) in [4.78, 5) is 192. The monoisotopic (exact) mass is 1470 g/mol. The second kappa shape index (κ2) is 36.1. The molecule has 3 N–H and O–H groups in total. The zero-order valence-electron chi connectivity index (χ0n) is 62.9. The lowest BCUT2D eigenvalue weighted by molar-refractivity contribution is -0.219. The number of amides is 12. The van der Waals surface area contributed by atoms with Gasteiger partial charge in [-0.1, -0.05) is 90.2 Å². The molecule has 1 spiro atoms. The van der Waals surface area contributed by atoms with E-state index in [4.69, 9.17) is 4.74 Å². The molecule has 3 heterocycles. The van der Waals surface area contributed by atoms with Gasteiger partial charge in [-0.3, -0.25) is 57.5 Å². The van der Waals surface area contributed by atoms with E-state index in [9.17, 15) is 41.9 Å². The van der Waals surface area contributed by atoms with Crippen LogP contribution in [0, 0.1) is 35.5 Å². The van der Waals surface area contributed by atoms with Gasteiger partial charge in [0.05, 0.1) is 25.6 Å². The highest BCUT2D eigenvalue weighted by atomic mass is 19.4. The van der Waals surface area contributed by atoms with E-state index in [0.717, 1.165) is 54.7 Å². The summed E-state index contributed by atoms with van der Waals surface area (Å²) in [5, 5.41) is 8.61. The second-order valence-electron chi connectivity index (χ2n) is 31.4. The third-order valence-corrected chi connectivity index (χ3v) is 23.9. The van der Waals surface area contributed by atoms with Gasteiger partial charge in [-0.15, -0.1) is 0 Å². The highest BCUT2D eigenvalue weighted by Gasteiger charge is 2.56. The number of rotatable bonds is 13. The fourth-order valence-corrected chi connectivity index (χ4v) is 16.9. The van der Waals surface area contributed by atoms with Crippen molar-refractivity contribution in [3.05, 3.63) is 12.2 Å². The largest absolute Gasteiger partial charge is 0.397 e. The van der Waals surface area contributed by atoms with Gasteiger partial charge in [-0.05, 0) is 120 Å². The molecule has 8 aliphatic rings. The van der Waals surface area contributed by atoms with E-state index in [-0.39, 0.29) is 82.9 Å². The van der Waals surface area contributed by atoms with E-state index < -0.39 is 205 Å². The normalized spacial score (nSPS) is 32.0. The maximum Gasteiger partial charge on any atom is 0.397 e. The number of hydrogen-bond acceptors (Lipinski definition) is 13. The van der Waals surface area contributed by atoms with Gasteiger partial charge in [0, 0.05) is 82.5 Å². The minimum Gasteiger partial charge on any atom is -0.377 e. The maximum absolute atomic E-state index is 15.5. The van der Waals surface area contributed by atoms with Crippen LogP contribution in [0.15, 0.2) is 12.2 Å². The molecule has 12 atom stereocenters. The highest BCUT2D eigenvalue weighted by molar-refractivity contribution is 6.01. The summed E-state index contributed by atoms with van der Waals surface area (Å²) < 4.78 is 78.8.